The second kappa shape index (κ2) is 7.55. The van der Waals surface area contributed by atoms with Crippen molar-refractivity contribution in [3.05, 3.63) is 28.2 Å². The number of urea groups is 1. The predicted molar refractivity (Wildman–Crippen MR) is 76.6 cm³/mol. The first kappa shape index (κ1) is 17.6. The van der Waals surface area contributed by atoms with Crippen LogP contribution in [0.25, 0.3) is 0 Å². The number of carbonyl (C=O) groups is 2. The quantitative estimate of drug-likeness (QED) is 0.676. The van der Waals surface area contributed by atoms with Crippen LogP contribution >= 0.6 is 27.7 Å². The van der Waals surface area contributed by atoms with Crippen molar-refractivity contribution in [2.75, 3.05) is 17.6 Å². The molecular weight excluding hydrogens is 377 g/mol. The molecule has 0 saturated carbocycles. The van der Waals surface area contributed by atoms with E-state index in [1.165, 1.54) is 18.2 Å². The summed E-state index contributed by atoms with van der Waals surface area (Å²) < 4.78 is 36.2. The lowest BCUT2D eigenvalue weighted by Crippen LogP contribution is -2.31. The maximum atomic E-state index is 11.9. The number of amides is 2. The Hall–Kier alpha value is -1.42. The fourth-order valence-corrected chi connectivity index (χ4v) is 2.10. The molecule has 0 aromatic heterocycles. The normalized spacial score (nSPS) is 11.0. The van der Waals surface area contributed by atoms with Gasteiger partial charge in [0.25, 0.3) is 0 Å². The highest BCUT2D eigenvalue weighted by molar-refractivity contribution is 9.10. The van der Waals surface area contributed by atoms with Crippen molar-refractivity contribution in [2.24, 2.45) is 0 Å². The van der Waals surface area contributed by atoms with Crippen LogP contribution in [-0.4, -0.2) is 34.9 Å². The number of hydrogen-bond acceptors (Lipinski definition) is 3. The van der Waals surface area contributed by atoms with Crippen LogP contribution in [0.4, 0.5) is 23.7 Å². The summed E-state index contributed by atoms with van der Waals surface area (Å²) in [5.74, 6) is -1.56. The topological polar surface area (TPSA) is 78.4 Å². The fraction of sp³-hybridized carbons (Fsp3) is 0.273. The molecule has 0 atom stereocenters. The highest BCUT2D eigenvalue weighted by atomic mass is 79.9. The Kier molecular flexibility index (Phi) is 6.34. The summed E-state index contributed by atoms with van der Waals surface area (Å²) in [4.78, 5) is 22.5. The van der Waals surface area contributed by atoms with Gasteiger partial charge in [-0.05, 0) is 30.0 Å². The van der Waals surface area contributed by atoms with E-state index in [2.05, 4.69) is 26.6 Å². The van der Waals surface area contributed by atoms with Crippen LogP contribution in [0.15, 0.2) is 22.7 Å². The molecular formula is C11H10BrF3N2O3S. The van der Waals surface area contributed by atoms with E-state index in [9.17, 15) is 22.8 Å². The monoisotopic (exact) mass is 386 g/mol. The lowest BCUT2D eigenvalue weighted by atomic mass is 10.2. The Bertz CT molecular complexity index is 540. The Morgan fingerprint density at radius 2 is 2.00 bits per heavy atom. The summed E-state index contributed by atoms with van der Waals surface area (Å²) in [6.45, 7) is -0.202. The number of carbonyl (C=O) groups excluding carboxylic acids is 1. The molecule has 0 spiro atoms. The van der Waals surface area contributed by atoms with Crippen LogP contribution in [0.3, 0.4) is 0 Å². The molecule has 0 unspecified atom stereocenters. The van der Waals surface area contributed by atoms with Crippen LogP contribution in [0, 0.1) is 0 Å². The Morgan fingerprint density at radius 3 is 2.57 bits per heavy atom. The molecule has 116 valence electrons. The SMILES string of the molecule is O=C(NCCSC(F)(F)F)Nc1cc(Br)ccc1C(=O)O. The smallest absolute Gasteiger partial charge is 0.441 e. The zero-order valence-electron chi connectivity index (χ0n) is 10.3. The van der Waals surface area contributed by atoms with Crippen molar-refractivity contribution in [3.63, 3.8) is 0 Å². The highest BCUT2D eigenvalue weighted by Gasteiger charge is 2.27. The molecule has 1 aromatic rings. The number of anilines is 1. The lowest BCUT2D eigenvalue weighted by molar-refractivity contribution is -0.0327. The zero-order chi connectivity index (χ0) is 16.0. The van der Waals surface area contributed by atoms with Gasteiger partial charge in [-0.1, -0.05) is 15.9 Å². The summed E-state index contributed by atoms with van der Waals surface area (Å²) >= 11 is 2.88. The minimum Gasteiger partial charge on any atom is -0.478 e. The minimum absolute atomic E-state index is 0.0397. The van der Waals surface area contributed by atoms with Crippen LogP contribution in [0.2, 0.25) is 0 Å². The number of aromatic carboxylic acids is 1. The van der Waals surface area contributed by atoms with Crippen molar-refractivity contribution in [1.29, 1.82) is 0 Å². The summed E-state index contributed by atoms with van der Waals surface area (Å²) in [7, 11) is 0. The number of nitrogens with one attached hydrogen (secondary N) is 2. The van der Waals surface area contributed by atoms with E-state index in [1.807, 2.05) is 0 Å². The first-order valence-corrected chi connectivity index (χ1v) is 7.25. The third kappa shape index (κ3) is 6.71. The molecule has 0 bridgehead atoms. The van der Waals surface area contributed by atoms with E-state index in [0.717, 1.165) is 0 Å². The zero-order valence-corrected chi connectivity index (χ0v) is 12.7. The van der Waals surface area contributed by atoms with Gasteiger partial charge >= 0.3 is 17.5 Å². The maximum Gasteiger partial charge on any atom is 0.441 e. The van der Waals surface area contributed by atoms with Gasteiger partial charge in [-0.2, -0.15) is 13.2 Å². The molecule has 10 heteroatoms. The molecule has 5 nitrogen and oxygen atoms in total. The van der Waals surface area contributed by atoms with Gasteiger partial charge in [0.15, 0.2) is 0 Å². The molecule has 2 amide bonds. The molecule has 3 N–H and O–H groups in total. The molecule has 0 saturated heterocycles. The molecule has 0 radical (unpaired) electrons. The van der Waals surface area contributed by atoms with E-state index < -0.39 is 17.5 Å². The van der Waals surface area contributed by atoms with Crippen molar-refractivity contribution < 1.29 is 27.9 Å². The highest BCUT2D eigenvalue weighted by Crippen LogP contribution is 2.29. The summed E-state index contributed by atoms with van der Waals surface area (Å²) in [6, 6.07) is 3.39. The number of carboxylic acids is 1. The van der Waals surface area contributed by atoms with Gasteiger partial charge < -0.3 is 15.7 Å². The second-order valence-electron chi connectivity index (χ2n) is 3.67. The van der Waals surface area contributed by atoms with Gasteiger partial charge in [0, 0.05) is 16.8 Å². The van der Waals surface area contributed by atoms with E-state index >= 15 is 0 Å². The average molecular weight is 387 g/mol. The molecule has 0 fully saturated rings. The van der Waals surface area contributed by atoms with Gasteiger partial charge in [-0.15, -0.1) is 0 Å². The van der Waals surface area contributed by atoms with Crippen LogP contribution in [-0.2, 0) is 0 Å². The van der Waals surface area contributed by atoms with Crippen molar-refractivity contribution >= 4 is 45.4 Å². The van der Waals surface area contributed by atoms with E-state index in [0.29, 0.717) is 4.47 Å². The van der Waals surface area contributed by atoms with Crippen LogP contribution < -0.4 is 10.6 Å². The van der Waals surface area contributed by atoms with E-state index in [1.54, 1.807) is 0 Å². The molecule has 1 rings (SSSR count). The first-order chi connectivity index (χ1) is 9.69. The Balaban J connectivity index is 2.55. The standard InChI is InChI=1S/C11H10BrF3N2O3S/c12-6-1-2-7(9(18)19)8(5-6)17-10(20)16-3-4-21-11(13,14)15/h1-2,5H,3-4H2,(H,18,19)(H2,16,17,20). The first-order valence-electron chi connectivity index (χ1n) is 5.47. The average Bonchev–Trinajstić information content (AvgIpc) is 2.33. The summed E-state index contributed by atoms with van der Waals surface area (Å²) in [5, 5.41) is 13.4. The number of thioether (sulfide) groups is 1. The molecule has 0 aliphatic rings. The van der Waals surface area contributed by atoms with Crippen molar-refractivity contribution in [3.8, 4) is 0 Å². The molecule has 0 aliphatic heterocycles. The minimum atomic E-state index is -4.35. The van der Waals surface area contributed by atoms with E-state index in [4.69, 9.17) is 5.11 Å². The molecule has 0 aliphatic carbocycles. The Labute approximate surface area is 130 Å². The lowest BCUT2D eigenvalue weighted by Gasteiger charge is -2.11. The van der Waals surface area contributed by atoms with E-state index in [-0.39, 0.29) is 35.3 Å². The van der Waals surface area contributed by atoms with Gasteiger partial charge in [0.2, 0.25) is 0 Å². The number of benzene rings is 1. The largest absolute Gasteiger partial charge is 0.478 e. The second-order valence-corrected chi connectivity index (χ2v) is 5.75. The number of halogens is 4. The van der Waals surface area contributed by atoms with Crippen molar-refractivity contribution in [2.45, 2.75) is 5.51 Å². The number of alkyl halides is 3. The van der Waals surface area contributed by atoms with Gasteiger partial charge in [0.1, 0.15) is 0 Å². The summed E-state index contributed by atoms with van der Waals surface area (Å²) in [5.41, 5.74) is -4.44. The van der Waals surface area contributed by atoms with Crippen LogP contribution in [0.1, 0.15) is 10.4 Å². The molecule has 0 heterocycles. The van der Waals surface area contributed by atoms with Crippen LogP contribution in [0.5, 0.6) is 0 Å². The third-order valence-electron chi connectivity index (χ3n) is 2.11. The Morgan fingerprint density at radius 1 is 1.33 bits per heavy atom. The van der Waals surface area contributed by atoms with Gasteiger partial charge in [-0.3, -0.25) is 0 Å². The summed E-state index contributed by atoms with van der Waals surface area (Å²) in [6.07, 6.45) is 0. The number of rotatable bonds is 5. The number of hydrogen-bond donors (Lipinski definition) is 3. The number of carboxylic acid groups (broad SMARTS) is 1. The van der Waals surface area contributed by atoms with Gasteiger partial charge in [-0.25, -0.2) is 9.59 Å². The van der Waals surface area contributed by atoms with Crippen molar-refractivity contribution in [1.82, 2.24) is 5.32 Å². The molecule has 1 aromatic carbocycles. The predicted octanol–water partition coefficient (Wildman–Crippen LogP) is 3.52. The van der Waals surface area contributed by atoms with Gasteiger partial charge in [0.05, 0.1) is 11.3 Å². The molecule has 21 heavy (non-hydrogen) atoms. The maximum absolute atomic E-state index is 11.9. The fourth-order valence-electron chi connectivity index (χ4n) is 1.30. The third-order valence-corrected chi connectivity index (χ3v) is 3.34.